The summed E-state index contributed by atoms with van der Waals surface area (Å²) < 4.78 is 0. The van der Waals surface area contributed by atoms with Gasteiger partial charge in [0.1, 0.15) is 6.04 Å². The average Bonchev–Trinajstić information content (AvgIpc) is 2.27. The minimum absolute atomic E-state index is 0.340. The van der Waals surface area contributed by atoms with Crippen LogP contribution in [0.25, 0.3) is 0 Å². The van der Waals surface area contributed by atoms with Gasteiger partial charge in [-0.15, -0.1) is 0 Å². The zero-order chi connectivity index (χ0) is 12.8. The Morgan fingerprint density at radius 2 is 2.24 bits per heavy atom. The summed E-state index contributed by atoms with van der Waals surface area (Å²) in [7, 11) is 0. The second-order valence-corrected chi connectivity index (χ2v) is 3.69. The van der Waals surface area contributed by atoms with Gasteiger partial charge in [-0.05, 0) is 31.0 Å². The van der Waals surface area contributed by atoms with Gasteiger partial charge in [0.25, 0.3) is 0 Å². The summed E-state index contributed by atoms with van der Waals surface area (Å²) in [6, 6.07) is 0.389. The third-order valence-corrected chi connectivity index (χ3v) is 2.29. The molecule has 1 atom stereocenters. The van der Waals surface area contributed by atoms with Crippen LogP contribution in [0.5, 0.6) is 0 Å². The van der Waals surface area contributed by atoms with E-state index in [1.807, 2.05) is 6.92 Å². The van der Waals surface area contributed by atoms with Crippen molar-refractivity contribution in [3.63, 3.8) is 0 Å². The number of urea groups is 1. The summed E-state index contributed by atoms with van der Waals surface area (Å²) >= 11 is 0. The number of carboxylic acids is 1. The molecule has 0 aliphatic carbocycles. The maximum Gasteiger partial charge on any atom is 0.325 e. The van der Waals surface area contributed by atoms with Gasteiger partial charge in [-0.1, -0.05) is 0 Å². The molecule has 0 bridgehead atoms. The predicted molar refractivity (Wildman–Crippen MR) is 61.4 cm³/mol. The first-order valence-corrected chi connectivity index (χ1v) is 5.17. The van der Waals surface area contributed by atoms with Gasteiger partial charge in [-0.2, -0.15) is 0 Å². The van der Waals surface area contributed by atoms with Gasteiger partial charge in [-0.3, -0.25) is 9.78 Å². The predicted octanol–water partition coefficient (Wildman–Crippen LogP) is 0.662. The molecule has 1 rings (SSSR count). The van der Waals surface area contributed by atoms with Gasteiger partial charge in [-0.25, -0.2) is 4.79 Å². The molecule has 0 aliphatic rings. The van der Waals surface area contributed by atoms with Crippen LogP contribution in [0.15, 0.2) is 18.5 Å². The van der Waals surface area contributed by atoms with Crippen molar-refractivity contribution < 1.29 is 14.7 Å². The number of aromatic nitrogens is 1. The number of hydrogen-bond acceptors (Lipinski definition) is 3. The van der Waals surface area contributed by atoms with E-state index in [1.165, 1.54) is 6.92 Å². The molecule has 0 aliphatic heterocycles. The number of carbonyl (C=O) groups excluding carboxylic acids is 1. The van der Waals surface area contributed by atoms with E-state index in [0.29, 0.717) is 6.54 Å². The Balaban J connectivity index is 2.44. The number of hydrogen-bond donors (Lipinski definition) is 3. The van der Waals surface area contributed by atoms with E-state index in [2.05, 4.69) is 15.6 Å². The van der Waals surface area contributed by atoms with Crippen LogP contribution in [-0.4, -0.2) is 28.1 Å². The van der Waals surface area contributed by atoms with Crippen molar-refractivity contribution in [1.29, 1.82) is 0 Å². The molecule has 0 aromatic carbocycles. The monoisotopic (exact) mass is 237 g/mol. The smallest absolute Gasteiger partial charge is 0.325 e. The first kappa shape index (κ1) is 13.0. The van der Waals surface area contributed by atoms with Crippen LogP contribution < -0.4 is 10.6 Å². The fourth-order valence-electron chi connectivity index (χ4n) is 1.19. The lowest BCUT2D eigenvalue weighted by atomic mass is 10.1. The summed E-state index contributed by atoms with van der Waals surface area (Å²) in [5.74, 6) is -1.07. The third-order valence-electron chi connectivity index (χ3n) is 2.29. The lowest BCUT2D eigenvalue weighted by Gasteiger charge is -2.11. The van der Waals surface area contributed by atoms with Gasteiger partial charge in [0.15, 0.2) is 0 Å². The van der Waals surface area contributed by atoms with Gasteiger partial charge in [0, 0.05) is 18.9 Å². The molecule has 6 heteroatoms. The summed E-state index contributed by atoms with van der Waals surface area (Å²) in [5.41, 5.74) is 1.91. The molecule has 6 nitrogen and oxygen atoms in total. The van der Waals surface area contributed by atoms with Crippen molar-refractivity contribution >= 4 is 12.0 Å². The van der Waals surface area contributed by atoms with E-state index < -0.39 is 18.0 Å². The molecule has 1 aromatic rings. The molecule has 0 spiro atoms. The molecule has 0 fully saturated rings. The molecule has 0 saturated heterocycles. The molecule has 1 unspecified atom stereocenters. The van der Waals surface area contributed by atoms with E-state index in [0.717, 1.165) is 11.1 Å². The lowest BCUT2D eigenvalue weighted by molar-refractivity contribution is -0.138. The summed E-state index contributed by atoms with van der Waals surface area (Å²) in [6.45, 7) is 3.63. The summed E-state index contributed by atoms with van der Waals surface area (Å²) in [5, 5.41) is 13.5. The number of carbonyl (C=O) groups is 2. The topological polar surface area (TPSA) is 91.3 Å². The second kappa shape index (κ2) is 5.83. The van der Waals surface area contributed by atoms with Crippen LogP contribution in [0.1, 0.15) is 18.1 Å². The number of aryl methyl sites for hydroxylation is 1. The highest BCUT2D eigenvalue weighted by Gasteiger charge is 2.13. The third kappa shape index (κ3) is 4.10. The molecule has 0 saturated carbocycles. The first-order valence-electron chi connectivity index (χ1n) is 5.17. The van der Waals surface area contributed by atoms with Crippen molar-refractivity contribution in [1.82, 2.24) is 15.6 Å². The maximum atomic E-state index is 11.3. The second-order valence-electron chi connectivity index (χ2n) is 3.69. The molecule has 17 heavy (non-hydrogen) atoms. The highest BCUT2D eigenvalue weighted by molar-refractivity contribution is 5.82. The van der Waals surface area contributed by atoms with Crippen LogP contribution in [-0.2, 0) is 11.3 Å². The number of amides is 2. The molecule has 1 aromatic heterocycles. The molecule has 3 N–H and O–H groups in total. The maximum absolute atomic E-state index is 11.3. The Hall–Kier alpha value is -2.11. The quantitative estimate of drug-likeness (QED) is 0.717. The SMILES string of the molecule is Cc1cnccc1CNC(=O)NC(C)C(=O)O. The van der Waals surface area contributed by atoms with E-state index in [9.17, 15) is 9.59 Å². The number of pyridine rings is 1. The number of carboxylic acid groups (broad SMARTS) is 1. The summed E-state index contributed by atoms with van der Waals surface area (Å²) in [4.78, 5) is 25.8. The van der Waals surface area contributed by atoms with Crippen LogP contribution in [0.4, 0.5) is 4.79 Å². The van der Waals surface area contributed by atoms with Crippen LogP contribution in [0.2, 0.25) is 0 Å². The van der Waals surface area contributed by atoms with E-state index in [4.69, 9.17) is 5.11 Å². The Morgan fingerprint density at radius 1 is 1.53 bits per heavy atom. The minimum atomic E-state index is -1.07. The molecular formula is C11H15N3O3. The number of rotatable bonds is 4. The molecule has 1 heterocycles. The van der Waals surface area contributed by atoms with Crippen molar-refractivity contribution in [2.75, 3.05) is 0 Å². The Kier molecular flexibility index (Phi) is 4.45. The standard InChI is InChI=1S/C11H15N3O3/c1-7-5-12-4-3-9(7)6-13-11(17)14-8(2)10(15)16/h3-5,8H,6H2,1-2H3,(H,15,16)(H2,13,14,17). The van der Waals surface area contributed by atoms with E-state index in [-0.39, 0.29) is 0 Å². The molecule has 2 amide bonds. The number of aliphatic carboxylic acids is 1. The lowest BCUT2D eigenvalue weighted by Crippen LogP contribution is -2.44. The fraction of sp³-hybridized carbons (Fsp3) is 0.364. The van der Waals surface area contributed by atoms with Crippen LogP contribution >= 0.6 is 0 Å². The van der Waals surface area contributed by atoms with Gasteiger partial charge in [0.05, 0.1) is 0 Å². The van der Waals surface area contributed by atoms with Gasteiger partial charge >= 0.3 is 12.0 Å². The highest BCUT2D eigenvalue weighted by Crippen LogP contribution is 2.03. The highest BCUT2D eigenvalue weighted by atomic mass is 16.4. The minimum Gasteiger partial charge on any atom is -0.480 e. The molecular weight excluding hydrogens is 222 g/mol. The zero-order valence-electron chi connectivity index (χ0n) is 9.73. The fourth-order valence-corrected chi connectivity index (χ4v) is 1.19. The van der Waals surface area contributed by atoms with Crippen LogP contribution in [0.3, 0.4) is 0 Å². The number of nitrogens with zero attached hydrogens (tertiary/aromatic N) is 1. The summed E-state index contributed by atoms with van der Waals surface area (Å²) in [6.07, 6.45) is 3.34. The zero-order valence-corrected chi connectivity index (χ0v) is 9.73. The van der Waals surface area contributed by atoms with Gasteiger partial charge < -0.3 is 15.7 Å². The van der Waals surface area contributed by atoms with Gasteiger partial charge in [0.2, 0.25) is 0 Å². The Labute approximate surface area is 99.1 Å². The molecule has 92 valence electrons. The normalized spacial score (nSPS) is 11.6. The number of nitrogens with one attached hydrogen (secondary N) is 2. The van der Waals surface area contributed by atoms with Crippen molar-refractivity contribution in [2.24, 2.45) is 0 Å². The first-order chi connectivity index (χ1) is 8.00. The average molecular weight is 237 g/mol. The van der Waals surface area contributed by atoms with Crippen LogP contribution in [0, 0.1) is 6.92 Å². The van der Waals surface area contributed by atoms with E-state index in [1.54, 1.807) is 18.5 Å². The van der Waals surface area contributed by atoms with E-state index >= 15 is 0 Å². The van der Waals surface area contributed by atoms with Crippen molar-refractivity contribution in [3.05, 3.63) is 29.6 Å². The largest absolute Gasteiger partial charge is 0.480 e. The Morgan fingerprint density at radius 3 is 2.82 bits per heavy atom. The molecule has 0 radical (unpaired) electrons. The van der Waals surface area contributed by atoms with Crippen molar-refractivity contribution in [2.45, 2.75) is 26.4 Å². The van der Waals surface area contributed by atoms with Crippen molar-refractivity contribution in [3.8, 4) is 0 Å². The Bertz CT molecular complexity index is 420.